The summed E-state index contributed by atoms with van der Waals surface area (Å²) in [5, 5.41) is 5.14. The van der Waals surface area contributed by atoms with Gasteiger partial charge in [-0.15, -0.1) is 0 Å². The number of carbonyl (C=O) groups is 2. The van der Waals surface area contributed by atoms with Crippen LogP contribution in [0.3, 0.4) is 0 Å². The fourth-order valence-corrected chi connectivity index (χ4v) is 4.05. The fraction of sp³-hybridized carbons (Fsp3) is 0.500. The van der Waals surface area contributed by atoms with Gasteiger partial charge in [0.05, 0.1) is 23.6 Å². The van der Waals surface area contributed by atoms with E-state index in [2.05, 4.69) is 15.6 Å². The van der Waals surface area contributed by atoms with Crippen molar-refractivity contribution in [3.05, 3.63) is 23.9 Å². The van der Waals surface area contributed by atoms with Crippen LogP contribution in [0.25, 0.3) is 0 Å². The van der Waals surface area contributed by atoms with Gasteiger partial charge in [0.2, 0.25) is 5.91 Å². The summed E-state index contributed by atoms with van der Waals surface area (Å²) in [5.74, 6) is -0.259. The molecular weight excluding hydrogens is 320 g/mol. The van der Waals surface area contributed by atoms with Crippen molar-refractivity contribution in [1.82, 2.24) is 15.6 Å². The van der Waals surface area contributed by atoms with Gasteiger partial charge in [-0.1, -0.05) is 0 Å². The molecule has 1 unspecified atom stereocenters. The molecule has 2 rings (SSSR count). The van der Waals surface area contributed by atoms with Crippen molar-refractivity contribution in [3.63, 3.8) is 0 Å². The predicted octanol–water partition coefficient (Wildman–Crippen LogP) is -0.819. The van der Waals surface area contributed by atoms with Crippen LogP contribution in [-0.4, -0.2) is 63.4 Å². The lowest BCUT2D eigenvalue weighted by Crippen LogP contribution is -2.42. The molecule has 1 aromatic rings. The highest BCUT2D eigenvalue weighted by Crippen LogP contribution is 2.14. The second-order valence-electron chi connectivity index (χ2n) is 5.62. The molecule has 2 amide bonds. The average Bonchev–Trinajstić information content (AvgIpc) is 2.83. The highest BCUT2D eigenvalue weighted by atomic mass is 32.2. The minimum absolute atomic E-state index is 0.0416. The number of amides is 2. The Morgan fingerprint density at radius 2 is 2.13 bits per heavy atom. The van der Waals surface area contributed by atoms with Gasteiger partial charge in [0.15, 0.2) is 9.84 Å². The van der Waals surface area contributed by atoms with Crippen LogP contribution in [0.4, 0.5) is 5.82 Å². The van der Waals surface area contributed by atoms with Crippen molar-refractivity contribution >= 4 is 27.5 Å². The number of pyridine rings is 1. The number of nitrogens with zero attached hydrogens (tertiary/aromatic N) is 2. The van der Waals surface area contributed by atoms with Crippen molar-refractivity contribution in [1.29, 1.82) is 0 Å². The Hall–Kier alpha value is -2.16. The monoisotopic (exact) mass is 340 g/mol. The number of sulfone groups is 1. The molecular formula is C14H20N4O4S. The average molecular weight is 340 g/mol. The standard InChI is InChI=1S/C14H20N4O4S/c1-18(2)13-11(4-3-6-15-13)14(20)16-8-12(19)17-10-5-7-23(21,22)9-10/h3-4,6,10H,5,7-9H2,1-2H3,(H,16,20)(H,17,19). The Balaban J connectivity index is 1.88. The molecule has 1 aliphatic heterocycles. The molecule has 2 heterocycles. The van der Waals surface area contributed by atoms with E-state index < -0.39 is 21.7 Å². The fourth-order valence-electron chi connectivity index (χ4n) is 2.37. The van der Waals surface area contributed by atoms with Crippen LogP contribution in [-0.2, 0) is 14.6 Å². The summed E-state index contributed by atoms with van der Waals surface area (Å²) < 4.78 is 22.7. The van der Waals surface area contributed by atoms with Crippen LogP contribution in [0.15, 0.2) is 18.3 Å². The maximum absolute atomic E-state index is 12.2. The van der Waals surface area contributed by atoms with Gasteiger partial charge in [0, 0.05) is 26.3 Å². The first-order chi connectivity index (χ1) is 10.8. The van der Waals surface area contributed by atoms with Crippen LogP contribution in [0.5, 0.6) is 0 Å². The minimum Gasteiger partial charge on any atom is -0.362 e. The lowest BCUT2D eigenvalue weighted by atomic mass is 10.2. The maximum Gasteiger partial charge on any atom is 0.255 e. The summed E-state index contributed by atoms with van der Waals surface area (Å²) in [7, 11) is 0.494. The van der Waals surface area contributed by atoms with Gasteiger partial charge in [0.1, 0.15) is 5.82 Å². The van der Waals surface area contributed by atoms with E-state index >= 15 is 0 Å². The number of rotatable bonds is 5. The Morgan fingerprint density at radius 1 is 1.39 bits per heavy atom. The number of nitrogens with one attached hydrogen (secondary N) is 2. The minimum atomic E-state index is -3.05. The van der Waals surface area contributed by atoms with Crippen LogP contribution >= 0.6 is 0 Å². The molecule has 1 atom stereocenters. The molecule has 1 saturated heterocycles. The summed E-state index contributed by atoms with van der Waals surface area (Å²) in [4.78, 5) is 29.8. The van der Waals surface area contributed by atoms with Gasteiger partial charge in [-0.05, 0) is 18.6 Å². The first kappa shape index (κ1) is 17.2. The molecule has 0 radical (unpaired) electrons. The molecule has 0 aromatic carbocycles. The highest BCUT2D eigenvalue weighted by molar-refractivity contribution is 7.91. The van der Waals surface area contributed by atoms with Crippen LogP contribution in [0.2, 0.25) is 0 Å². The SMILES string of the molecule is CN(C)c1ncccc1C(=O)NCC(=O)NC1CCS(=O)(=O)C1. The third-order valence-corrected chi connectivity index (χ3v) is 5.23. The number of anilines is 1. The second kappa shape index (κ2) is 6.95. The summed E-state index contributed by atoms with van der Waals surface area (Å²) >= 11 is 0. The molecule has 2 N–H and O–H groups in total. The topological polar surface area (TPSA) is 108 Å². The summed E-state index contributed by atoms with van der Waals surface area (Å²) in [6.07, 6.45) is 1.99. The van der Waals surface area contributed by atoms with Gasteiger partial charge in [-0.3, -0.25) is 9.59 Å². The molecule has 0 spiro atoms. The molecule has 0 aliphatic carbocycles. The zero-order chi connectivity index (χ0) is 17.0. The summed E-state index contributed by atoms with van der Waals surface area (Å²) in [6, 6.07) is 2.89. The molecule has 1 aliphatic rings. The first-order valence-electron chi connectivity index (χ1n) is 7.19. The largest absolute Gasteiger partial charge is 0.362 e. The Kier molecular flexibility index (Phi) is 5.19. The third kappa shape index (κ3) is 4.65. The normalized spacial score (nSPS) is 19.1. The third-order valence-electron chi connectivity index (χ3n) is 3.46. The van der Waals surface area contributed by atoms with Crippen LogP contribution < -0.4 is 15.5 Å². The highest BCUT2D eigenvalue weighted by Gasteiger charge is 2.28. The van der Waals surface area contributed by atoms with E-state index in [-0.39, 0.29) is 24.1 Å². The van der Waals surface area contributed by atoms with E-state index in [0.29, 0.717) is 17.8 Å². The number of hydrogen-bond acceptors (Lipinski definition) is 6. The van der Waals surface area contributed by atoms with Gasteiger partial charge < -0.3 is 15.5 Å². The van der Waals surface area contributed by atoms with Crippen molar-refractivity contribution in [2.45, 2.75) is 12.5 Å². The number of carbonyl (C=O) groups excluding carboxylic acids is 2. The summed E-state index contributed by atoms with van der Waals surface area (Å²) in [5.41, 5.74) is 0.369. The molecule has 0 bridgehead atoms. The van der Waals surface area contributed by atoms with Gasteiger partial charge in [-0.2, -0.15) is 0 Å². The Bertz CT molecular complexity index is 702. The smallest absolute Gasteiger partial charge is 0.255 e. The number of aromatic nitrogens is 1. The quantitative estimate of drug-likeness (QED) is 0.725. The van der Waals surface area contributed by atoms with Crippen LogP contribution in [0.1, 0.15) is 16.8 Å². The van der Waals surface area contributed by atoms with E-state index in [0.717, 1.165) is 0 Å². The van der Waals surface area contributed by atoms with Gasteiger partial charge in [-0.25, -0.2) is 13.4 Å². The lowest BCUT2D eigenvalue weighted by molar-refractivity contribution is -0.120. The van der Waals surface area contributed by atoms with Crippen LogP contribution in [0, 0.1) is 0 Å². The van der Waals surface area contributed by atoms with Crippen molar-refractivity contribution in [2.75, 3.05) is 37.0 Å². The Labute approximate surface area is 135 Å². The zero-order valence-corrected chi connectivity index (χ0v) is 13.9. The molecule has 1 aromatic heterocycles. The van der Waals surface area contributed by atoms with E-state index in [9.17, 15) is 18.0 Å². The van der Waals surface area contributed by atoms with Crippen molar-refractivity contribution in [2.24, 2.45) is 0 Å². The molecule has 126 valence electrons. The lowest BCUT2D eigenvalue weighted by Gasteiger charge is -2.16. The molecule has 1 fully saturated rings. The molecule has 8 nitrogen and oxygen atoms in total. The zero-order valence-electron chi connectivity index (χ0n) is 13.1. The van der Waals surface area contributed by atoms with Gasteiger partial charge in [0.25, 0.3) is 5.91 Å². The maximum atomic E-state index is 12.2. The molecule has 23 heavy (non-hydrogen) atoms. The van der Waals surface area contributed by atoms with E-state index in [1.54, 1.807) is 37.3 Å². The second-order valence-corrected chi connectivity index (χ2v) is 7.85. The number of hydrogen-bond donors (Lipinski definition) is 2. The van der Waals surface area contributed by atoms with E-state index in [1.165, 1.54) is 0 Å². The predicted molar refractivity (Wildman–Crippen MR) is 86.1 cm³/mol. The van der Waals surface area contributed by atoms with Crippen molar-refractivity contribution in [3.8, 4) is 0 Å². The van der Waals surface area contributed by atoms with E-state index in [1.807, 2.05) is 0 Å². The Morgan fingerprint density at radius 3 is 2.74 bits per heavy atom. The van der Waals surface area contributed by atoms with E-state index in [4.69, 9.17) is 0 Å². The molecule has 9 heteroatoms. The molecule has 0 saturated carbocycles. The first-order valence-corrected chi connectivity index (χ1v) is 9.01. The van der Waals surface area contributed by atoms with Crippen molar-refractivity contribution < 1.29 is 18.0 Å². The summed E-state index contributed by atoms with van der Waals surface area (Å²) in [6.45, 7) is -0.211. The van der Waals surface area contributed by atoms with Gasteiger partial charge >= 0.3 is 0 Å².